The molecule has 0 bridgehead atoms. The van der Waals surface area contributed by atoms with Crippen molar-refractivity contribution in [1.82, 2.24) is 0 Å². The molecule has 2 unspecified atom stereocenters. The molecule has 0 aliphatic heterocycles. The Hall–Kier alpha value is 0.340. The zero-order valence-electron chi connectivity index (χ0n) is 11.4. The summed E-state index contributed by atoms with van der Waals surface area (Å²) < 4.78 is 26.6. The Morgan fingerprint density at radius 3 is 1.78 bits per heavy atom. The SMILES string of the molecule is CCCCCCCCCCP(=O)(O)OP(C)(=O)O. The summed E-state index contributed by atoms with van der Waals surface area (Å²) >= 11 is 0. The van der Waals surface area contributed by atoms with Gasteiger partial charge in [0.1, 0.15) is 0 Å². The lowest BCUT2D eigenvalue weighted by Gasteiger charge is -2.13. The summed E-state index contributed by atoms with van der Waals surface area (Å²) in [5, 5.41) is 0. The maximum Gasteiger partial charge on any atom is 0.335 e. The lowest BCUT2D eigenvalue weighted by molar-refractivity contribution is 0.335. The van der Waals surface area contributed by atoms with Gasteiger partial charge in [-0.3, -0.25) is 9.13 Å². The van der Waals surface area contributed by atoms with E-state index in [1.165, 1.54) is 25.7 Å². The lowest BCUT2D eigenvalue weighted by Crippen LogP contribution is -1.93. The van der Waals surface area contributed by atoms with Crippen LogP contribution in [-0.4, -0.2) is 22.6 Å². The summed E-state index contributed by atoms with van der Waals surface area (Å²) in [5.41, 5.74) is 0. The van der Waals surface area contributed by atoms with Crippen LogP contribution in [0.1, 0.15) is 58.3 Å². The first-order valence-corrected chi connectivity index (χ1v) is 10.4. The summed E-state index contributed by atoms with van der Waals surface area (Å²) in [7, 11) is -7.77. The number of rotatable bonds is 11. The molecule has 0 rings (SSSR count). The van der Waals surface area contributed by atoms with Crippen LogP contribution in [0.5, 0.6) is 0 Å². The van der Waals surface area contributed by atoms with Crippen LogP contribution in [-0.2, 0) is 13.4 Å². The number of hydrogen-bond acceptors (Lipinski definition) is 3. The van der Waals surface area contributed by atoms with Crippen molar-refractivity contribution in [2.45, 2.75) is 58.3 Å². The van der Waals surface area contributed by atoms with Gasteiger partial charge in [-0.25, -0.2) is 4.31 Å². The molecule has 0 aromatic carbocycles. The van der Waals surface area contributed by atoms with Gasteiger partial charge in [-0.1, -0.05) is 51.9 Å². The number of hydrogen-bond donors (Lipinski definition) is 2. The largest absolute Gasteiger partial charge is 0.335 e. The molecule has 0 fully saturated rings. The van der Waals surface area contributed by atoms with Gasteiger partial charge in [0.05, 0.1) is 6.16 Å². The fourth-order valence-electron chi connectivity index (χ4n) is 1.72. The van der Waals surface area contributed by atoms with Crippen LogP contribution in [0, 0.1) is 0 Å². The molecule has 0 aromatic heterocycles. The molecular formula is C11H26O5P2. The van der Waals surface area contributed by atoms with E-state index in [9.17, 15) is 14.0 Å². The Morgan fingerprint density at radius 2 is 1.33 bits per heavy atom. The Labute approximate surface area is 110 Å². The molecule has 0 spiro atoms. The topological polar surface area (TPSA) is 83.8 Å². The Morgan fingerprint density at radius 1 is 0.889 bits per heavy atom. The Bertz CT molecular complexity index is 300. The molecule has 7 heteroatoms. The minimum absolute atomic E-state index is 0.0413. The van der Waals surface area contributed by atoms with Crippen molar-refractivity contribution in [3.63, 3.8) is 0 Å². The summed E-state index contributed by atoms with van der Waals surface area (Å²) in [6.45, 7) is 3.09. The average molecular weight is 300 g/mol. The third kappa shape index (κ3) is 12.8. The van der Waals surface area contributed by atoms with E-state index in [0.29, 0.717) is 6.42 Å². The van der Waals surface area contributed by atoms with Gasteiger partial charge >= 0.3 is 15.2 Å². The molecule has 5 nitrogen and oxygen atoms in total. The maximum absolute atomic E-state index is 11.4. The molecule has 0 saturated carbocycles. The van der Waals surface area contributed by atoms with E-state index >= 15 is 0 Å². The molecule has 2 N–H and O–H groups in total. The molecule has 0 amide bonds. The fourth-order valence-corrected chi connectivity index (χ4v) is 4.57. The summed E-state index contributed by atoms with van der Waals surface area (Å²) in [5.74, 6) is 0. The van der Waals surface area contributed by atoms with Gasteiger partial charge in [-0.15, -0.1) is 0 Å². The van der Waals surface area contributed by atoms with Crippen molar-refractivity contribution < 1.29 is 23.2 Å². The van der Waals surface area contributed by atoms with Crippen LogP contribution >= 0.6 is 15.2 Å². The predicted molar refractivity (Wildman–Crippen MR) is 74.1 cm³/mol. The van der Waals surface area contributed by atoms with E-state index in [0.717, 1.165) is 25.9 Å². The summed E-state index contributed by atoms with van der Waals surface area (Å²) in [6.07, 6.45) is 8.51. The van der Waals surface area contributed by atoms with Crippen LogP contribution in [0.25, 0.3) is 0 Å². The predicted octanol–water partition coefficient (Wildman–Crippen LogP) is 4.14. The van der Waals surface area contributed by atoms with E-state index in [4.69, 9.17) is 4.89 Å². The molecule has 0 radical (unpaired) electrons. The molecule has 2 atom stereocenters. The zero-order chi connectivity index (χ0) is 14.1. The number of unbranched alkanes of at least 4 members (excludes halogenated alkanes) is 7. The highest BCUT2D eigenvalue weighted by Gasteiger charge is 2.27. The van der Waals surface area contributed by atoms with Crippen molar-refractivity contribution in [2.24, 2.45) is 0 Å². The highest BCUT2D eigenvalue weighted by Crippen LogP contribution is 2.57. The van der Waals surface area contributed by atoms with Crippen LogP contribution in [0.3, 0.4) is 0 Å². The quantitative estimate of drug-likeness (QED) is 0.442. The van der Waals surface area contributed by atoms with Gasteiger partial charge in [0.2, 0.25) is 0 Å². The third-order valence-corrected chi connectivity index (χ3v) is 5.69. The first-order valence-electron chi connectivity index (χ1n) is 6.60. The van der Waals surface area contributed by atoms with Crippen molar-refractivity contribution in [3.8, 4) is 0 Å². The average Bonchev–Trinajstić information content (AvgIpc) is 2.18. The van der Waals surface area contributed by atoms with Crippen molar-refractivity contribution in [2.75, 3.05) is 12.8 Å². The Kier molecular flexibility index (Phi) is 9.45. The zero-order valence-corrected chi connectivity index (χ0v) is 13.2. The first kappa shape index (κ1) is 18.3. The van der Waals surface area contributed by atoms with Crippen LogP contribution in [0.2, 0.25) is 0 Å². The van der Waals surface area contributed by atoms with Crippen LogP contribution < -0.4 is 0 Å². The molecule has 0 saturated heterocycles. The smallest absolute Gasteiger partial charge is 0.324 e. The normalized spacial score (nSPS) is 18.2. The first-order chi connectivity index (χ1) is 8.27. The molecular weight excluding hydrogens is 274 g/mol. The molecule has 110 valence electrons. The second-order valence-electron chi connectivity index (χ2n) is 4.72. The van der Waals surface area contributed by atoms with Crippen molar-refractivity contribution in [1.29, 1.82) is 0 Å². The van der Waals surface area contributed by atoms with Gasteiger partial charge in [-0.2, -0.15) is 0 Å². The molecule has 18 heavy (non-hydrogen) atoms. The van der Waals surface area contributed by atoms with Crippen LogP contribution in [0.15, 0.2) is 0 Å². The summed E-state index contributed by atoms with van der Waals surface area (Å²) in [4.78, 5) is 18.2. The lowest BCUT2D eigenvalue weighted by atomic mass is 10.1. The summed E-state index contributed by atoms with van der Waals surface area (Å²) in [6, 6.07) is 0. The van der Waals surface area contributed by atoms with Gasteiger partial charge in [0.25, 0.3) is 0 Å². The second-order valence-corrected chi connectivity index (χ2v) is 8.70. The molecule has 0 aromatic rings. The van der Waals surface area contributed by atoms with E-state index in [-0.39, 0.29) is 6.16 Å². The fraction of sp³-hybridized carbons (Fsp3) is 1.00. The van der Waals surface area contributed by atoms with Gasteiger partial charge in [0, 0.05) is 6.66 Å². The van der Waals surface area contributed by atoms with Crippen molar-refractivity contribution in [3.05, 3.63) is 0 Å². The highest BCUT2D eigenvalue weighted by molar-refractivity contribution is 7.65. The van der Waals surface area contributed by atoms with Crippen molar-refractivity contribution >= 4 is 15.2 Å². The van der Waals surface area contributed by atoms with Crippen LogP contribution in [0.4, 0.5) is 0 Å². The minimum Gasteiger partial charge on any atom is -0.324 e. The van der Waals surface area contributed by atoms with Gasteiger partial charge < -0.3 is 9.79 Å². The monoisotopic (exact) mass is 300 g/mol. The Balaban J connectivity index is 3.54. The standard InChI is InChI=1S/C11H26O5P2/c1-3-4-5-6-7-8-9-10-11-18(14,15)16-17(2,12)13/h3-11H2,1-2H3,(H,12,13)(H,14,15). The maximum atomic E-state index is 11.4. The highest BCUT2D eigenvalue weighted by atomic mass is 31.3. The van der Waals surface area contributed by atoms with Gasteiger partial charge in [0.15, 0.2) is 0 Å². The van der Waals surface area contributed by atoms with E-state index in [1.54, 1.807) is 0 Å². The molecule has 0 aliphatic rings. The third-order valence-electron chi connectivity index (χ3n) is 2.57. The van der Waals surface area contributed by atoms with E-state index < -0.39 is 15.2 Å². The van der Waals surface area contributed by atoms with Gasteiger partial charge in [-0.05, 0) is 6.42 Å². The van der Waals surface area contributed by atoms with E-state index in [1.807, 2.05) is 0 Å². The minimum atomic E-state index is -3.89. The molecule has 0 heterocycles. The second kappa shape index (κ2) is 9.28. The molecule has 0 aliphatic carbocycles. The van der Waals surface area contributed by atoms with E-state index in [2.05, 4.69) is 11.2 Å².